The molecule has 0 aromatic heterocycles. The van der Waals surface area contributed by atoms with Gasteiger partial charge in [0.2, 0.25) is 0 Å². The maximum Gasteiger partial charge on any atom is 0.177 e. The molecular formula is C13H22N2O2S2. The van der Waals surface area contributed by atoms with E-state index >= 15 is 0 Å². The van der Waals surface area contributed by atoms with Crippen molar-refractivity contribution in [2.45, 2.75) is 24.2 Å². The summed E-state index contributed by atoms with van der Waals surface area (Å²) < 4.78 is 23.1. The molecule has 0 unspecified atom stereocenters. The van der Waals surface area contributed by atoms with Gasteiger partial charge in [0.05, 0.1) is 16.3 Å². The van der Waals surface area contributed by atoms with Gasteiger partial charge in [0.1, 0.15) is 0 Å². The average Bonchev–Trinajstić information content (AvgIpc) is 2.34. The van der Waals surface area contributed by atoms with Gasteiger partial charge in [0, 0.05) is 12.8 Å². The molecule has 0 bridgehead atoms. The third-order valence-corrected chi connectivity index (χ3v) is 4.66. The van der Waals surface area contributed by atoms with Crippen LogP contribution in [0.1, 0.15) is 19.3 Å². The number of sulfone groups is 1. The van der Waals surface area contributed by atoms with E-state index in [1.54, 1.807) is 6.07 Å². The largest absolute Gasteiger partial charge is 0.396 e. The summed E-state index contributed by atoms with van der Waals surface area (Å²) in [5.74, 6) is 1.19. The number of anilines is 2. The van der Waals surface area contributed by atoms with Crippen molar-refractivity contribution in [3.05, 3.63) is 18.2 Å². The van der Waals surface area contributed by atoms with Gasteiger partial charge in [0.25, 0.3) is 0 Å². The number of nitrogens with two attached hydrogens (primary N) is 1. The van der Waals surface area contributed by atoms with Gasteiger partial charge in [-0.15, -0.1) is 0 Å². The van der Waals surface area contributed by atoms with E-state index in [2.05, 4.69) is 11.6 Å². The van der Waals surface area contributed by atoms with E-state index in [9.17, 15) is 8.42 Å². The van der Waals surface area contributed by atoms with Gasteiger partial charge < -0.3 is 11.1 Å². The lowest BCUT2D eigenvalue weighted by Gasteiger charge is -2.11. The number of nitrogens with one attached hydrogen (secondary N) is 1. The van der Waals surface area contributed by atoms with Crippen molar-refractivity contribution in [1.82, 2.24) is 0 Å². The Morgan fingerprint density at radius 1 is 1.26 bits per heavy atom. The SMILES string of the molecule is CSCCCCCNc1cccc(S(C)(=O)=O)c1N. The number of benzene rings is 1. The molecule has 108 valence electrons. The Morgan fingerprint density at radius 2 is 2.00 bits per heavy atom. The highest BCUT2D eigenvalue weighted by Gasteiger charge is 2.13. The average molecular weight is 302 g/mol. The lowest BCUT2D eigenvalue weighted by Crippen LogP contribution is -2.08. The van der Waals surface area contributed by atoms with Crippen molar-refractivity contribution >= 4 is 33.0 Å². The predicted octanol–water partition coefficient (Wildman–Crippen LogP) is 2.62. The third-order valence-electron chi connectivity index (χ3n) is 2.81. The molecule has 0 saturated heterocycles. The van der Waals surface area contributed by atoms with Crippen molar-refractivity contribution in [2.75, 3.05) is 35.9 Å². The molecule has 3 N–H and O–H groups in total. The van der Waals surface area contributed by atoms with Gasteiger partial charge >= 0.3 is 0 Å². The number of nitrogen functional groups attached to an aromatic ring is 1. The van der Waals surface area contributed by atoms with Crippen molar-refractivity contribution < 1.29 is 8.42 Å². The minimum atomic E-state index is -3.27. The molecule has 1 aromatic carbocycles. The number of rotatable bonds is 8. The van der Waals surface area contributed by atoms with Crippen LogP contribution in [0.15, 0.2) is 23.1 Å². The number of thioether (sulfide) groups is 1. The molecule has 1 aromatic rings. The topological polar surface area (TPSA) is 72.2 Å². The molecule has 0 aliphatic rings. The number of hydrogen-bond donors (Lipinski definition) is 2. The molecule has 0 saturated carbocycles. The molecular weight excluding hydrogens is 280 g/mol. The highest BCUT2D eigenvalue weighted by molar-refractivity contribution is 7.98. The standard InChI is InChI=1S/C13H22N2O2S2/c1-18-10-5-3-4-9-15-11-7-6-8-12(13(11)14)19(2,16)17/h6-8,15H,3-5,9-10,14H2,1-2H3. The molecule has 0 aliphatic heterocycles. The molecule has 0 aliphatic carbocycles. The zero-order chi connectivity index (χ0) is 14.3. The Balaban J connectivity index is 2.56. The smallest absolute Gasteiger partial charge is 0.177 e. The van der Waals surface area contributed by atoms with Gasteiger partial charge in [-0.05, 0) is 37.0 Å². The van der Waals surface area contributed by atoms with E-state index < -0.39 is 9.84 Å². The Labute approximate surface area is 120 Å². The second-order valence-corrected chi connectivity index (χ2v) is 7.44. The first-order valence-electron chi connectivity index (χ1n) is 6.28. The van der Waals surface area contributed by atoms with Gasteiger partial charge in [-0.25, -0.2) is 8.42 Å². The molecule has 0 amide bonds. The highest BCUT2D eigenvalue weighted by Crippen LogP contribution is 2.26. The third kappa shape index (κ3) is 5.32. The molecule has 19 heavy (non-hydrogen) atoms. The molecule has 6 heteroatoms. The van der Waals surface area contributed by atoms with Crippen LogP contribution in [0.3, 0.4) is 0 Å². The quantitative estimate of drug-likeness (QED) is 0.570. The first kappa shape index (κ1) is 16.2. The lowest BCUT2D eigenvalue weighted by molar-refractivity contribution is 0.602. The highest BCUT2D eigenvalue weighted by atomic mass is 32.2. The summed E-state index contributed by atoms with van der Waals surface area (Å²) in [4.78, 5) is 0.194. The minimum Gasteiger partial charge on any atom is -0.396 e. The summed E-state index contributed by atoms with van der Waals surface area (Å²) in [6.07, 6.45) is 6.71. The summed E-state index contributed by atoms with van der Waals surface area (Å²) >= 11 is 1.86. The van der Waals surface area contributed by atoms with E-state index in [0.717, 1.165) is 13.0 Å². The van der Waals surface area contributed by atoms with Crippen molar-refractivity contribution in [3.63, 3.8) is 0 Å². The summed E-state index contributed by atoms with van der Waals surface area (Å²) in [6, 6.07) is 5.06. The maximum absolute atomic E-state index is 11.5. The maximum atomic E-state index is 11.5. The summed E-state index contributed by atoms with van der Waals surface area (Å²) in [5, 5.41) is 3.21. The Morgan fingerprint density at radius 3 is 2.63 bits per heavy atom. The van der Waals surface area contributed by atoms with Gasteiger partial charge in [-0.3, -0.25) is 0 Å². The van der Waals surface area contributed by atoms with Crippen LogP contribution in [0.5, 0.6) is 0 Å². The lowest BCUT2D eigenvalue weighted by atomic mass is 10.2. The fourth-order valence-electron chi connectivity index (χ4n) is 1.79. The van der Waals surface area contributed by atoms with Crippen LogP contribution < -0.4 is 11.1 Å². The van der Waals surface area contributed by atoms with Crippen molar-refractivity contribution in [2.24, 2.45) is 0 Å². The monoisotopic (exact) mass is 302 g/mol. The molecule has 0 spiro atoms. The number of unbranched alkanes of at least 4 members (excludes halogenated alkanes) is 2. The second-order valence-electron chi connectivity index (χ2n) is 4.47. The first-order valence-corrected chi connectivity index (χ1v) is 9.56. The van der Waals surface area contributed by atoms with Crippen LogP contribution in [0.2, 0.25) is 0 Å². The summed E-state index contributed by atoms with van der Waals surface area (Å²) in [5.41, 5.74) is 6.90. The van der Waals surface area contributed by atoms with Crippen LogP contribution in [-0.4, -0.2) is 33.2 Å². The van der Waals surface area contributed by atoms with Crippen LogP contribution in [0.25, 0.3) is 0 Å². The van der Waals surface area contributed by atoms with Gasteiger partial charge in [-0.2, -0.15) is 11.8 Å². The van der Waals surface area contributed by atoms with Crippen molar-refractivity contribution in [3.8, 4) is 0 Å². The Kier molecular flexibility index (Phi) is 6.51. The van der Waals surface area contributed by atoms with E-state index in [0.29, 0.717) is 11.4 Å². The van der Waals surface area contributed by atoms with E-state index in [1.165, 1.54) is 30.9 Å². The Bertz CT molecular complexity index is 501. The molecule has 1 rings (SSSR count). The summed E-state index contributed by atoms with van der Waals surface area (Å²) in [7, 11) is -3.27. The zero-order valence-corrected chi connectivity index (χ0v) is 13.1. The first-order chi connectivity index (χ1) is 8.96. The number of para-hydroxylation sites is 1. The fourth-order valence-corrected chi connectivity index (χ4v) is 3.12. The Hall–Kier alpha value is -0.880. The van der Waals surface area contributed by atoms with Gasteiger partial charge in [0.15, 0.2) is 9.84 Å². The van der Waals surface area contributed by atoms with Crippen LogP contribution >= 0.6 is 11.8 Å². The zero-order valence-electron chi connectivity index (χ0n) is 11.5. The van der Waals surface area contributed by atoms with Crippen LogP contribution in [0, 0.1) is 0 Å². The van der Waals surface area contributed by atoms with Gasteiger partial charge in [-0.1, -0.05) is 12.5 Å². The molecule has 0 radical (unpaired) electrons. The number of hydrogen-bond acceptors (Lipinski definition) is 5. The second kappa shape index (κ2) is 7.65. The van der Waals surface area contributed by atoms with Crippen LogP contribution in [0.4, 0.5) is 11.4 Å². The molecule has 4 nitrogen and oxygen atoms in total. The minimum absolute atomic E-state index is 0.194. The predicted molar refractivity (Wildman–Crippen MR) is 84.7 cm³/mol. The molecule has 0 atom stereocenters. The van der Waals surface area contributed by atoms with E-state index in [4.69, 9.17) is 5.73 Å². The summed E-state index contributed by atoms with van der Waals surface area (Å²) in [6.45, 7) is 0.811. The van der Waals surface area contributed by atoms with Crippen molar-refractivity contribution in [1.29, 1.82) is 0 Å². The molecule has 0 heterocycles. The van der Waals surface area contributed by atoms with E-state index in [1.807, 2.05) is 17.8 Å². The fraction of sp³-hybridized carbons (Fsp3) is 0.538. The normalized spacial score (nSPS) is 11.5. The van der Waals surface area contributed by atoms with E-state index in [-0.39, 0.29) is 4.90 Å². The molecule has 0 fully saturated rings. The van der Waals surface area contributed by atoms with Crippen LogP contribution in [-0.2, 0) is 9.84 Å².